The first-order valence-electron chi connectivity index (χ1n) is 7.88. The molecular weight excluding hydrogens is 284 g/mol. The van der Waals surface area contributed by atoms with Gasteiger partial charge in [-0.05, 0) is 45.3 Å². The van der Waals surface area contributed by atoms with E-state index >= 15 is 0 Å². The molecule has 2 unspecified atom stereocenters. The van der Waals surface area contributed by atoms with Gasteiger partial charge >= 0.3 is 6.09 Å². The van der Waals surface area contributed by atoms with Crippen molar-refractivity contribution in [1.82, 2.24) is 10.6 Å². The predicted octanol–water partition coefficient (Wildman–Crippen LogP) is 3.51. The second kappa shape index (κ2) is 10.3. The van der Waals surface area contributed by atoms with E-state index < -0.39 is 5.60 Å². The Morgan fingerprint density at radius 1 is 1.24 bits per heavy atom. The fourth-order valence-corrected chi connectivity index (χ4v) is 2.67. The average molecular weight is 319 g/mol. The number of carbonyl (C=O) groups excluding carboxylic acids is 1. The molecule has 0 rings (SSSR count). The molecule has 0 saturated carbocycles. The maximum Gasteiger partial charge on any atom is 0.407 e. The summed E-state index contributed by atoms with van der Waals surface area (Å²) in [6.45, 7) is 13.8. The number of thioether (sulfide) groups is 1. The molecule has 0 radical (unpaired) electrons. The summed E-state index contributed by atoms with van der Waals surface area (Å²) in [7, 11) is 0. The molecular formula is C16H34N2O2S. The lowest BCUT2D eigenvalue weighted by molar-refractivity contribution is 0.0514. The van der Waals surface area contributed by atoms with Crippen LogP contribution in [0.15, 0.2) is 0 Å². The van der Waals surface area contributed by atoms with Crippen LogP contribution in [0.3, 0.4) is 0 Å². The molecule has 2 N–H and O–H groups in total. The van der Waals surface area contributed by atoms with E-state index in [1.165, 1.54) is 0 Å². The SMILES string of the molecule is CCC(CSC)NCC(CNC(=O)OC(C)(C)C)C(C)C. The Balaban J connectivity index is 4.22. The van der Waals surface area contributed by atoms with Gasteiger partial charge in [0.1, 0.15) is 5.60 Å². The molecule has 2 atom stereocenters. The Kier molecular flexibility index (Phi) is 10.1. The van der Waals surface area contributed by atoms with Gasteiger partial charge in [-0.2, -0.15) is 11.8 Å². The Bertz CT molecular complexity index is 290. The van der Waals surface area contributed by atoms with Gasteiger partial charge in [-0.15, -0.1) is 0 Å². The van der Waals surface area contributed by atoms with Crippen molar-refractivity contribution in [2.75, 3.05) is 25.1 Å². The van der Waals surface area contributed by atoms with Gasteiger partial charge in [0.15, 0.2) is 0 Å². The molecule has 4 nitrogen and oxygen atoms in total. The van der Waals surface area contributed by atoms with Gasteiger partial charge in [-0.25, -0.2) is 4.79 Å². The molecule has 0 aromatic carbocycles. The molecule has 21 heavy (non-hydrogen) atoms. The average Bonchev–Trinajstić information content (AvgIpc) is 2.34. The highest BCUT2D eigenvalue weighted by atomic mass is 32.2. The van der Waals surface area contributed by atoms with E-state index in [1.807, 2.05) is 32.5 Å². The van der Waals surface area contributed by atoms with Crippen molar-refractivity contribution < 1.29 is 9.53 Å². The molecule has 1 amide bonds. The van der Waals surface area contributed by atoms with Crippen LogP contribution in [-0.4, -0.2) is 42.8 Å². The molecule has 0 heterocycles. The minimum atomic E-state index is -0.443. The monoisotopic (exact) mass is 318 g/mol. The fourth-order valence-electron chi connectivity index (χ4n) is 1.91. The minimum Gasteiger partial charge on any atom is -0.444 e. The van der Waals surface area contributed by atoms with Crippen LogP contribution in [0, 0.1) is 11.8 Å². The van der Waals surface area contributed by atoms with Gasteiger partial charge in [0.05, 0.1) is 0 Å². The van der Waals surface area contributed by atoms with Crippen LogP contribution in [0.25, 0.3) is 0 Å². The van der Waals surface area contributed by atoms with Crippen molar-refractivity contribution >= 4 is 17.9 Å². The zero-order valence-corrected chi connectivity index (χ0v) is 15.6. The first-order chi connectivity index (χ1) is 9.69. The molecule has 5 heteroatoms. The van der Waals surface area contributed by atoms with Crippen LogP contribution in [0.2, 0.25) is 0 Å². The minimum absolute atomic E-state index is 0.329. The number of nitrogens with one attached hydrogen (secondary N) is 2. The number of ether oxygens (including phenoxy) is 1. The smallest absolute Gasteiger partial charge is 0.407 e. The van der Waals surface area contributed by atoms with E-state index in [-0.39, 0.29) is 6.09 Å². The largest absolute Gasteiger partial charge is 0.444 e. The lowest BCUT2D eigenvalue weighted by Gasteiger charge is -2.26. The maximum absolute atomic E-state index is 11.7. The van der Waals surface area contributed by atoms with Gasteiger partial charge < -0.3 is 15.4 Å². The highest BCUT2D eigenvalue weighted by Gasteiger charge is 2.19. The molecule has 0 aliphatic carbocycles. The summed E-state index contributed by atoms with van der Waals surface area (Å²) in [5.74, 6) is 2.05. The third kappa shape index (κ3) is 10.9. The Morgan fingerprint density at radius 3 is 2.29 bits per heavy atom. The molecule has 0 aromatic rings. The van der Waals surface area contributed by atoms with E-state index in [1.54, 1.807) is 0 Å². The summed E-state index contributed by atoms with van der Waals surface area (Å²) in [5.41, 5.74) is -0.443. The highest BCUT2D eigenvalue weighted by molar-refractivity contribution is 7.98. The second-order valence-corrected chi connectivity index (χ2v) is 7.77. The lowest BCUT2D eigenvalue weighted by Crippen LogP contribution is -2.42. The molecule has 0 fully saturated rings. The summed E-state index contributed by atoms with van der Waals surface area (Å²) in [6.07, 6.45) is 2.93. The molecule has 126 valence electrons. The summed E-state index contributed by atoms with van der Waals surface area (Å²) >= 11 is 1.87. The van der Waals surface area contributed by atoms with Gasteiger partial charge in [0.25, 0.3) is 0 Å². The van der Waals surface area contributed by atoms with Crippen LogP contribution < -0.4 is 10.6 Å². The molecule has 0 aliphatic rings. The number of rotatable bonds is 9. The third-order valence-corrected chi connectivity index (χ3v) is 4.12. The Morgan fingerprint density at radius 2 is 1.86 bits per heavy atom. The topological polar surface area (TPSA) is 50.4 Å². The highest BCUT2D eigenvalue weighted by Crippen LogP contribution is 2.11. The molecule has 0 spiro atoms. The number of carbonyl (C=O) groups is 1. The summed E-state index contributed by atoms with van der Waals surface area (Å²) < 4.78 is 5.28. The normalized spacial score (nSPS) is 14.9. The van der Waals surface area contributed by atoms with Crippen LogP contribution in [0.1, 0.15) is 48.0 Å². The fraction of sp³-hybridized carbons (Fsp3) is 0.938. The van der Waals surface area contributed by atoms with Gasteiger partial charge in [-0.1, -0.05) is 20.8 Å². The van der Waals surface area contributed by atoms with Crippen molar-refractivity contribution in [3.05, 3.63) is 0 Å². The number of amides is 1. The summed E-state index contributed by atoms with van der Waals surface area (Å²) in [5, 5.41) is 6.50. The van der Waals surface area contributed by atoms with Crippen molar-refractivity contribution in [1.29, 1.82) is 0 Å². The predicted molar refractivity (Wildman–Crippen MR) is 93.0 cm³/mol. The van der Waals surface area contributed by atoms with Crippen LogP contribution in [-0.2, 0) is 4.74 Å². The molecule has 0 aromatic heterocycles. The first kappa shape index (κ1) is 20.6. The quantitative estimate of drug-likeness (QED) is 0.683. The number of hydrogen-bond donors (Lipinski definition) is 2. The van der Waals surface area contributed by atoms with Crippen molar-refractivity contribution in [2.24, 2.45) is 11.8 Å². The Labute approximate surface area is 135 Å². The van der Waals surface area contributed by atoms with Crippen LogP contribution >= 0.6 is 11.8 Å². The number of hydrogen-bond acceptors (Lipinski definition) is 4. The molecule has 0 bridgehead atoms. The lowest BCUT2D eigenvalue weighted by atomic mass is 9.95. The standard InChI is InChI=1S/C16H34N2O2S/c1-8-14(11-21-7)17-9-13(12(2)3)10-18-15(19)20-16(4,5)6/h12-14,17H,8-11H2,1-7H3,(H,18,19). The Hall–Kier alpha value is -0.420. The van der Waals surface area contributed by atoms with Gasteiger partial charge in [0.2, 0.25) is 0 Å². The second-order valence-electron chi connectivity index (χ2n) is 6.86. The maximum atomic E-state index is 11.7. The van der Waals surface area contributed by atoms with E-state index in [0.717, 1.165) is 18.7 Å². The molecule has 0 aliphatic heterocycles. The van der Waals surface area contributed by atoms with E-state index in [4.69, 9.17) is 4.74 Å². The van der Waals surface area contributed by atoms with E-state index in [9.17, 15) is 4.79 Å². The summed E-state index contributed by atoms with van der Waals surface area (Å²) in [6, 6.07) is 0.544. The van der Waals surface area contributed by atoms with Crippen molar-refractivity contribution in [3.8, 4) is 0 Å². The van der Waals surface area contributed by atoms with Crippen LogP contribution in [0.4, 0.5) is 4.79 Å². The van der Waals surface area contributed by atoms with Crippen molar-refractivity contribution in [2.45, 2.75) is 59.6 Å². The summed E-state index contributed by atoms with van der Waals surface area (Å²) in [4.78, 5) is 11.7. The van der Waals surface area contributed by atoms with Gasteiger partial charge in [-0.3, -0.25) is 0 Å². The van der Waals surface area contributed by atoms with Gasteiger partial charge in [0, 0.05) is 24.9 Å². The zero-order valence-electron chi connectivity index (χ0n) is 14.8. The van der Waals surface area contributed by atoms with E-state index in [0.29, 0.717) is 24.4 Å². The van der Waals surface area contributed by atoms with Crippen molar-refractivity contribution in [3.63, 3.8) is 0 Å². The van der Waals surface area contributed by atoms with Crippen LogP contribution in [0.5, 0.6) is 0 Å². The first-order valence-corrected chi connectivity index (χ1v) is 9.28. The zero-order chi connectivity index (χ0) is 16.5. The number of alkyl carbamates (subject to hydrolysis) is 1. The molecule has 0 saturated heterocycles. The van der Waals surface area contributed by atoms with E-state index in [2.05, 4.69) is 37.7 Å². The third-order valence-electron chi connectivity index (χ3n) is 3.38.